The Morgan fingerprint density at radius 3 is 2.90 bits per heavy atom. The lowest BCUT2D eigenvalue weighted by Crippen LogP contribution is -2.11. The molecule has 6 heteroatoms. The Kier molecular flexibility index (Phi) is 2.73. The minimum Gasteiger partial charge on any atom is -0.463 e. The van der Waals surface area contributed by atoms with E-state index in [1.165, 1.54) is 6.07 Å². The molecule has 98 valence electrons. The zero-order valence-corrected chi connectivity index (χ0v) is 10.5. The van der Waals surface area contributed by atoms with Gasteiger partial charge in [-0.05, 0) is 25.1 Å². The average Bonchev–Trinajstić information content (AvgIpc) is 3.09. The van der Waals surface area contributed by atoms with Gasteiger partial charge in [0.05, 0.1) is 6.26 Å². The molecule has 0 spiro atoms. The molecule has 0 fully saturated rings. The van der Waals surface area contributed by atoms with Crippen LogP contribution in [0.3, 0.4) is 0 Å². The molecule has 0 atom stereocenters. The predicted octanol–water partition coefficient (Wildman–Crippen LogP) is 2.47. The molecular formula is C14H9N3O3. The molecule has 0 aliphatic carbocycles. The van der Waals surface area contributed by atoms with Crippen LogP contribution in [0.25, 0.3) is 22.8 Å². The van der Waals surface area contributed by atoms with Gasteiger partial charge in [-0.1, -0.05) is 5.16 Å². The fraction of sp³-hybridized carbons (Fsp3) is 0.0714. The largest absolute Gasteiger partial charge is 0.463 e. The first-order valence-electron chi connectivity index (χ1n) is 5.84. The van der Waals surface area contributed by atoms with Crippen molar-refractivity contribution in [2.45, 2.75) is 6.92 Å². The van der Waals surface area contributed by atoms with E-state index >= 15 is 0 Å². The van der Waals surface area contributed by atoms with Gasteiger partial charge in [-0.3, -0.25) is 4.79 Å². The Bertz CT molecular complexity index is 851. The molecular weight excluding hydrogens is 258 g/mol. The summed E-state index contributed by atoms with van der Waals surface area (Å²) in [5, 5.41) is 12.8. The summed E-state index contributed by atoms with van der Waals surface area (Å²) in [7, 11) is 0. The van der Waals surface area contributed by atoms with Gasteiger partial charge in [0.2, 0.25) is 0 Å². The van der Waals surface area contributed by atoms with Crippen molar-refractivity contribution in [2.24, 2.45) is 0 Å². The van der Waals surface area contributed by atoms with Gasteiger partial charge in [0.15, 0.2) is 11.5 Å². The number of aryl methyl sites for hydroxylation is 1. The Balaban J connectivity index is 2.11. The normalized spacial score (nSPS) is 10.4. The van der Waals surface area contributed by atoms with Crippen molar-refractivity contribution in [3.63, 3.8) is 0 Å². The predicted molar refractivity (Wildman–Crippen MR) is 69.7 cm³/mol. The van der Waals surface area contributed by atoms with Crippen molar-refractivity contribution in [3.8, 4) is 28.8 Å². The average molecular weight is 267 g/mol. The number of rotatable bonds is 2. The monoisotopic (exact) mass is 267 g/mol. The lowest BCUT2D eigenvalue weighted by Gasteiger charge is -2.01. The van der Waals surface area contributed by atoms with Gasteiger partial charge in [-0.15, -0.1) is 0 Å². The first-order valence-corrected chi connectivity index (χ1v) is 5.84. The lowest BCUT2D eigenvalue weighted by molar-refractivity contribution is 0.431. The maximum atomic E-state index is 11.5. The van der Waals surface area contributed by atoms with E-state index in [2.05, 4.69) is 10.1 Å². The maximum absolute atomic E-state index is 11.5. The van der Waals surface area contributed by atoms with E-state index in [1.807, 2.05) is 6.07 Å². The van der Waals surface area contributed by atoms with E-state index in [-0.39, 0.29) is 5.56 Å². The number of hydrogen-bond donors (Lipinski definition) is 1. The maximum Gasteiger partial charge on any atom is 0.266 e. The van der Waals surface area contributed by atoms with Gasteiger partial charge in [-0.25, -0.2) is 0 Å². The highest BCUT2D eigenvalue weighted by Crippen LogP contribution is 2.27. The number of aromatic nitrogens is 2. The van der Waals surface area contributed by atoms with Crippen molar-refractivity contribution >= 4 is 0 Å². The number of nitrogens with one attached hydrogen (secondary N) is 1. The third-order valence-corrected chi connectivity index (χ3v) is 2.91. The highest BCUT2D eigenvalue weighted by Gasteiger charge is 2.14. The fourth-order valence-electron chi connectivity index (χ4n) is 1.90. The summed E-state index contributed by atoms with van der Waals surface area (Å²) < 4.78 is 10.5. The summed E-state index contributed by atoms with van der Waals surface area (Å²) in [5.74, 6) is 1.05. The third-order valence-electron chi connectivity index (χ3n) is 2.91. The number of nitrogens with zero attached hydrogens (tertiary/aromatic N) is 2. The molecule has 3 rings (SSSR count). The van der Waals surface area contributed by atoms with E-state index in [0.717, 1.165) is 0 Å². The van der Waals surface area contributed by atoms with Crippen LogP contribution in [0.15, 0.2) is 44.3 Å². The van der Waals surface area contributed by atoms with E-state index in [1.54, 1.807) is 31.4 Å². The number of hydrogen-bond acceptors (Lipinski definition) is 5. The minimum absolute atomic E-state index is 0.0292. The summed E-state index contributed by atoms with van der Waals surface area (Å²) >= 11 is 0. The van der Waals surface area contributed by atoms with Gasteiger partial charge in [0.1, 0.15) is 17.3 Å². The Morgan fingerprint density at radius 1 is 1.35 bits per heavy atom. The van der Waals surface area contributed by atoms with Crippen LogP contribution in [0.4, 0.5) is 0 Å². The minimum atomic E-state index is -0.417. The molecule has 3 heterocycles. The zero-order valence-electron chi connectivity index (χ0n) is 10.5. The van der Waals surface area contributed by atoms with E-state index in [4.69, 9.17) is 14.2 Å². The van der Waals surface area contributed by atoms with Crippen molar-refractivity contribution < 1.29 is 8.94 Å². The molecule has 1 N–H and O–H groups in total. The van der Waals surface area contributed by atoms with Gasteiger partial charge in [0.25, 0.3) is 5.56 Å². The summed E-state index contributed by atoms with van der Waals surface area (Å²) in [6, 6.07) is 8.54. The lowest BCUT2D eigenvalue weighted by atomic mass is 10.1. The molecule has 0 amide bonds. The standard InChI is InChI=1S/C14H9N3O3/c1-8-10(5-9(7-15)14(18)16-8)13-6-11(17-20-13)12-3-2-4-19-12/h2-6H,1H3,(H,16,18). The molecule has 0 radical (unpaired) electrons. The molecule has 20 heavy (non-hydrogen) atoms. The van der Waals surface area contributed by atoms with Crippen LogP contribution in [0.1, 0.15) is 11.3 Å². The molecule has 0 unspecified atom stereocenters. The highest BCUT2D eigenvalue weighted by atomic mass is 16.5. The number of H-pyrrole nitrogens is 1. The SMILES string of the molecule is Cc1[nH]c(=O)c(C#N)cc1-c1cc(-c2ccco2)no1. The second-order valence-corrected chi connectivity index (χ2v) is 4.22. The highest BCUT2D eigenvalue weighted by molar-refractivity contribution is 5.66. The fourth-order valence-corrected chi connectivity index (χ4v) is 1.90. The number of nitriles is 1. The molecule has 0 saturated heterocycles. The van der Waals surface area contributed by atoms with Crippen LogP contribution in [0, 0.1) is 18.3 Å². The number of pyridine rings is 1. The van der Waals surface area contributed by atoms with E-state index in [9.17, 15) is 4.79 Å². The summed E-state index contributed by atoms with van der Waals surface area (Å²) in [5.41, 5.74) is 1.39. The van der Waals surface area contributed by atoms with Gasteiger partial charge in [0, 0.05) is 17.3 Å². The summed E-state index contributed by atoms with van der Waals surface area (Å²) in [6.07, 6.45) is 1.54. The van der Waals surface area contributed by atoms with Crippen molar-refractivity contribution in [3.05, 3.63) is 52.1 Å². The molecule has 3 aromatic heterocycles. The summed E-state index contributed by atoms with van der Waals surface area (Å²) in [6.45, 7) is 1.73. The van der Waals surface area contributed by atoms with Crippen molar-refractivity contribution in [1.29, 1.82) is 5.26 Å². The van der Waals surface area contributed by atoms with Crippen molar-refractivity contribution in [2.75, 3.05) is 0 Å². The third kappa shape index (κ3) is 1.91. The van der Waals surface area contributed by atoms with Crippen LogP contribution >= 0.6 is 0 Å². The second-order valence-electron chi connectivity index (χ2n) is 4.22. The van der Waals surface area contributed by atoms with Gasteiger partial charge in [-0.2, -0.15) is 5.26 Å². The molecule has 0 aromatic carbocycles. The first-order chi connectivity index (χ1) is 9.69. The quantitative estimate of drug-likeness (QED) is 0.769. The smallest absolute Gasteiger partial charge is 0.266 e. The van der Waals surface area contributed by atoms with Crippen molar-refractivity contribution in [1.82, 2.24) is 10.1 Å². The van der Waals surface area contributed by atoms with Crippen LogP contribution < -0.4 is 5.56 Å². The summed E-state index contributed by atoms with van der Waals surface area (Å²) in [4.78, 5) is 14.1. The van der Waals surface area contributed by atoms with Crippen LogP contribution in [0.5, 0.6) is 0 Å². The molecule has 0 saturated carbocycles. The molecule has 0 bridgehead atoms. The molecule has 6 nitrogen and oxygen atoms in total. The number of aromatic amines is 1. The zero-order chi connectivity index (χ0) is 14.1. The van der Waals surface area contributed by atoms with E-state index < -0.39 is 5.56 Å². The van der Waals surface area contributed by atoms with Gasteiger partial charge >= 0.3 is 0 Å². The van der Waals surface area contributed by atoms with Crippen LogP contribution in [-0.2, 0) is 0 Å². The van der Waals surface area contributed by atoms with Crippen LogP contribution in [-0.4, -0.2) is 10.1 Å². The Hall–Kier alpha value is -3.07. The topological polar surface area (TPSA) is 95.8 Å². The number of furan rings is 1. The molecule has 3 aromatic rings. The molecule has 0 aliphatic heterocycles. The van der Waals surface area contributed by atoms with Gasteiger partial charge < -0.3 is 13.9 Å². The second kappa shape index (κ2) is 4.55. The van der Waals surface area contributed by atoms with Crippen LogP contribution in [0.2, 0.25) is 0 Å². The Labute approximate surface area is 113 Å². The van der Waals surface area contributed by atoms with E-state index in [0.29, 0.717) is 28.5 Å². The Morgan fingerprint density at radius 2 is 2.20 bits per heavy atom. The molecule has 0 aliphatic rings. The first kappa shape index (κ1) is 12.0.